The van der Waals surface area contributed by atoms with Gasteiger partial charge >= 0.3 is 0 Å². The molecule has 0 saturated heterocycles. The fraction of sp³-hybridized carbons (Fsp3) is 0.0588. The topological polar surface area (TPSA) is 46.5 Å². The van der Waals surface area contributed by atoms with Crippen LogP contribution in [0.5, 0.6) is 5.75 Å². The Morgan fingerprint density at radius 2 is 1.96 bits per heavy atom. The van der Waals surface area contributed by atoms with Gasteiger partial charge in [0.2, 0.25) is 5.13 Å². The first kappa shape index (κ1) is 15.7. The van der Waals surface area contributed by atoms with Crippen LogP contribution in [0.2, 0.25) is 0 Å². The van der Waals surface area contributed by atoms with E-state index in [2.05, 4.69) is 31.4 Å². The minimum absolute atomic E-state index is 0.749. The number of nitrogens with one attached hydrogen (secondary N) is 1. The number of methoxy groups -OCH3 is 1. The molecule has 0 saturated carbocycles. The summed E-state index contributed by atoms with van der Waals surface area (Å²) in [5.74, 6) is 0.834. The minimum atomic E-state index is 0.749. The lowest BCUT2D eigenvalue weighted by Crippen LogP contribution is -1.91. The van der Waals surface area contributed by atoms with E-state index < -0.39 is 0 Å². The van der Waals surface area contributed by atoms with Gasteiger partial charge in [-0.15, -0.1) is 11.3 Å². The molecular weight excluding hydrogens is 374 g/mol. The Labute approximate surface area is 147 Å². The van der Waals surface area contributed by atoms with Crippen LogP contribution in [0, 0.1) is 0 Å². The second kappa shape index (κ2) is 7.39. The van der Waals surface area contributed by atoms with E-state index in [0.717, 1.165) is 32.2 Å². The smallest absolute Gasteiger partial charge is 0.203 e. The maximum atomic E-state index is 5.16. The molecule has 3 aromatic rings. The van der Waals surface area contributed by atoms with Crippen molar-refractivity contribution in [3.8, 4) is 17.0 Å². The van der Waals surface area contributed by atoms with E-state index >= 15 is 0 Å². The van der Waals surface area contributed by atoms with Crippen molar-refractivity contribution in [2.75, 3.05) is 12.5 Å². The van der Waals surface area contributed by atoms with E-state index in [1.807, 2.05) is 53.9 Å². The van der Waals surface area contributed by atoms with Crippen LogP contribution in [0.3, 0.4) is 0 Å². The van der Waals surface area contributed by atoms with Crippen LogP contribution in [0.25, 0.3) is 11.3 Å². The number of benzene rings is 2. The third-order valence-corrected chi connectivity index (χ3v) is 4.63. The molecule has 1 N–H and O–H groups in total. The molecule has 23 heavy (non-hydrogen) atoms. The van der Waals surface area contributed by atoms with Crippen LogP contribution < -0.4 is 10.2 Å². The molecule has 0 amide bonds. The highest BCUT2D eigenvalue weighted by Gasteiger charge is 2.04. The molecule has 4 nitrogen and oxygen atoms in total. The first-order chi connectivity index (χ1) is 11.3. The number of hydrogen-bond donors (Lipinski definition) is 1. The molecular formula is C17H14BrN3OS. The number of aromatic nitrogens is 1. The Bertz CT molecular complexity index is 815. The third-order valence-electron chi connectivity index (χ3n) is 3.16. The molecule has 0 spiro atoms. The monoisotopic (exact) mass is 387 g/mol. The number of rotatable bonds is 5. The standard InChI is InChI=1S/C17H14BrN3OS/c1-22-14-8-6-12(7-9-14)16-11-23-17(20-16)21-19-10-13-4-2-3-5-15(13)18/h2-11H,1H3,(H,20,21)/b19-10-. The zero-order valence-corrected chi connectivity index (χ0v) is 14.8. The lowest BCUT2D eigenvalue weighted by atomic mass is 10.2. The molecule has 3 rings (SSSR count). The van der Waals surface area contributed by atoms with E-state index in [9.17, 15) is 0 Å². The van der Waals surface area contributed by atoms with Gasteiger partial charge in [0.05, 0.1) is 19.0 Å². The Morgan fingerprint density at radius 1 is 1.17 bits per heavy atom. The molecule has 0 fully saturated rings. The van der Waals surface area contributed by atoms with Crippen molar-refractivity contribution in [3.05, 3.63) is 63.9 Å². The molecule has 0 bridgehead atoms. The second-order valence-electron chi connectivity index (χ2n) is 4.66. The van der Waals surface area contributed by atoms with Gasteiger partial charge in [0.25, 0.3) is 0 Å². The Balaban J connectivity index is 1.68. The summed E-state index contributed by atoms with van der Waals surface area (Å²) in [4.78, 5) is 4.53. The average Bonchev–Trinajstić information content (AvgIpc) is 3.06. The van der Waals surface area contributed by atoms with Gasteiger partial charge in [-0.2, -0.15) is 5.10 Å². The molecule has 0 aliphatic heterocycles. The number of thiazole rings is 1. The van der Waals surface area contributed by atoms with Gasteiger partial charge in [-0.1, -0.05) is 34.1 Å². The molecule has 2 aromatic carbocycles. The van der Waals surface area contributed by atoms with Crippen LogP contribution in [0.1, 0.15) is 5.56 Å². The fourth-order valence-electron chi connectivity index (χ4n) is 1.96. The quantitative estimate of drug-likeness (QED) is 0.493. The maximum Gasteiger partial charge on any atom is 0.203 e. The van der Waals surface area contributed by atoms with Gasteiger partial charge in [0, 0.05) is 21.0 Å². The Hall–Kier alpha value is -2.18. The third kappa shape index (κ3) is 3.97. The van der Waals surface area contributed by atoms with Crippen LogP contribution in [-0.2, 0) is 0 Å². The lowest BCUT2D eigenvalue weighted by Gasteiger charge is -2.00. The SMILES string of the molecule is COc1ccc(-c2csc(N/N=C\c3ccccc3Br)n2)cc1. The summed E-state index contributed by atoms with van der Waals surface area (Å²) < 4.78 is 6.17. The number of hydrogen-bond acceptors (Lipinski definition) is 5. The molecule has 116 valence electrons. The summed E-state index contributed by atoms with van der Waals surface area (Å²) in [7, 11) is 1.66. The highest BCUT2D eigenvalue weighted by molar-refractivity contribution is 9.10. The van der Waals surface area contributed by atoms with Gasteiger partial charge in [-0.3, -0.25) is 5.43 Å². The predicted molar refractivity (Wildman–Crippen MR) is 99.5 cm³/mol. The average molecular weight is 388 g/mol. The second-order valence-corrected chi connectivity index (χ2v) is 6.37. The summed E-state index contributed by atoms with van der Waals surface area (Å²) in [5.41, 5.74) is 5.93. The largest absolute Gasteiger partial charge is 0.497 e. The van der Waals surface area contributed by atoms with Crippen LogP contribution in [0.4, 0.5) is 5.13 Å². The number of nitrogens with zero attached hydrogens (tertiary/aromatic N) is 2. The van der Waals surface area contributed by atoms with E-state index in [4.69, 9.17) is 4.74 Å². The molecule has 0 unspecified atom stereocenters. The van der Waals surface area contributed by atoms with Crippen molar-refractivity contribution in [1.82, 2.24) is 4.98 Å². The van der Waals surface area contributed by atoms with Crippen molar-refractivity contribution < 1.29 is 4.74 Å². The molecule has 0 aliphatic carbocycles. The number of ether oxygens (including phenoxy) is 1. The zero-order valence-electron chi connectivity index (χ0n) is 12.4. The molecule has 0 aliphatic rings. The summed E-state index contributed by atoms with van der Waals surface area (Å²) >= 11 is 5.00. The number of hydrazone groups is 1. The Morgan fingerprint density at radius 3 is 2.70 bits per heavy atom. The molecule has 1 aromatic heterocycles. The summed E-state index contributed by atoms with van der Waals surface area (Å²) in [6, 6.07) is 15.7. The van der Waals surface area contributed by atoms with Crippen LogP contribution in [0.15, 0.2) is 63.5 Å². The maximum absolute atomic E-state index is 5.16. The number of halogens is 1. The van der Waals surface area contributed by atoms with Gasteiger partial charge in [0.1, 0.15) is 5.75 Å². The molecule has 0 radical (unpaired) electrons. The van der Waals surface area contributed by atoms with Crippen LogP contribution in [-0.4, -0.2) is 18.3 Å². The van der Waals surface area contributed by atoms with E-state index in [-0.39, 0.29) is 0 Å². The normalized spacial score (nSPS) is 10.9. The molecule has 0 atom stereocenters. The molecule has 6 heteroatoms. The number of anilines is 1. The fourth-order valence-corrected chi connectivity index (χ4v) is 3.01. The zero-order chi connectivity index (χ0) is 16.1. The van der Waals surface area contributed by atoms with Crippen LogP contribution >= 0.6 is 27.3 Å². The first-order valence-electron chi connectivity index (χ1n) is 6.90. The highest BCUT2D eigenvalue weighted by Crippen LogP contribution is 2.26. The summed E-state index contributed by atoms with van der Waals surface area (Å²) in [5, 5.41) is 6.98. The Kier molecular flexibility index (Phi) is 5.05. The minimum Gasteiger partial charge on any atom is -0.497 e. The summed E-state index contributed by atoms with van der Waals surface area (Å²) in [6.07, 6.45) is 1.76. The van der Waals surface area contributed by atoms with Crippen molar-refractivity contribution in [3.63, 3.8) is 0 Å². The van der Waals surface area contributed by atoms with Crippen molar-refractivity contribution in [1.29, 1.82) is 0 Å². The van der Waals surface area contributed by atoms with Gasteiger partial charge < -0.3 is 4.74 Å². The van der Waals surface area contributed by atoms with Gasteiger partial charge in [0.15, 0.2) is 0 Å². The van der Waals surface area contributed by atoms with Crippen molar-refractivity contribution in [2.24, 2.45) is 5.10 Å². The summed E-state index contributed by atoms with van der Waals surface area (Å²) in [6.45, 7) is 0. The predicted octanol–water partition coefficient (Wildman–Crippen LogP) is 5.03. The molecule has 1 heterocycles. The van der Waals surface area contributed by atoms with Gasteiger partial charge in [-0.25, -0.2) is 4.98 Å². The highest BCUT2D eigenvalue weighted by atomic mass is 79.9. The van der Waals surface area contributed by atoms with Gasteiger partial charge in [-0.05, 0) is 30.3 Å². The first-order valence-corrected chi connectivity index (χ1v) is 8.57. The van der Waals surface area contributed by atoms with E-state index in [1.54, 1.807) is 13.3 Å². The van der Waals surface area contributed by atoms with Crippen molar-refractivity contribution in [2.45, 2.75) is 0 Å². The van der Waals surface area contributed by atoms with Crippen molar-refractivity contribution >= 4 is 38.6 Å². The lowest BCUT2D eigenvalue weighted by molar-refractivity contribution is 0.415. The van der Waals surface area contributed by atoms with E-state index in [1.165, 1.54) is 11.3 Å². The van der Waals surface area contributed by atoms with E-state index in [0.29, 0.717) is 0 Å².